The summed E-state index contributed by atoms with van der Waals surface area (Å²) in [6.07, 6.45) is -0.559. The number of carboxylic acid groups (broad SMARTS) is 1. The third-order valence-corrected chi connectivity index (χ3v) is 4.46. The first-order chi connectivity index (χ1) is 13.8. The molecule has 0 saturated carbocycles. The number of hydrogen-bond acceptors (Lipinski definition) is 6. The predicted molar refractivity (Wildman–Crippen MR) is 98.1 cm³/mol. The number of para-hydroxylation sites is 1. The van der Waals surface area contributed by atoms with E-state index in [1.807, 2.05) is 18.2 Å². The molecule has 3 heterocycles. The van der Waals surface area contributed by atoms with Crippen LogP contribution in [0.15, 0.2) is 28.8 Å². The minimum atomic E-state index is -5.08. The Balaban J connectivity index is 0.000000298. The van der Waals surface area contributed by atoms with Crippen LogP contribution < -0.4 is 4.90 Å². The van der Waals surface area contributed by atoms with Gasteiger partial charge in [0.25, 0.3) is 5.95 Å². The van der Waals surface area contributed by atoms with Crippen LogP contribution in [0.1, 0.15) is 31.9 Å². The van der Waals surface area contributed by atoms with E-state index in [0.29, 0.717) is 12.0 Å². The van der Waals surface area contributed by atoms with Crippen molar-refractivity contribution < 1.29 is 27.6 Å². The van der Waals surface area contributed by atoms with Gasteiger partial charge in [-0.3, -0.25) is 0 Å². The first-order valence-electron chi connectivity index (χ1n) is 9.17. The number of nitrogens with zero attached hydrogens (tertiary/aromatic N) is 5. The summed E-state index contributed by atoms with van der Waals surface area (Å²) >= 11 is 0. The van der Waals surface area contributed by atoms with Gasteiger partial charge in [-0.1, -0.05) is 25.1 Å². The van der Waals surface area contributed by atoms with Crippen molar-refractivity contribution in [2.45, 2.75) is 38.8 Å². The summed E-state index contributed by atoms with van der Waals surface area (Å²) in [5.41, 5.74) is 2.07. The Bertz CT molecular complexity index is 977. The molecule has 0 radical (unpaired) electrons. The molecule has 11 heteroatoms. The average molecular weight is 411 g/mol. The number of anilines is 1. The van der Waals surface area contributed by atoms with Crippen molar-refractivity contribution >= 4 is 22.9 Å². The summed E-state index contributed by atoms with van der Waals surface area (Å²) in [5.74, 6) is -2.25. The first kappa shape index (κ1) is 20.6. The maximum atomic E-state index is 10.6. The molecule has 0 atom stereocenters. The fourth-order valence-electron chi connectivity index (χ4n) is 3.05. The number of alkyl halides is 3. The van der Waals surface area contributed by atoms with Gasteiger partial charge in [0.2, 0.25) is 0 Å². The minimum absolute atomic E-state index is 0.511. The predicted octanol–water partition coefficient (Wildman–Crippen LogP) is 3.59. The number of carboxylic acids is 1. The van der Waals surface area contributed by atoms with Crippen molar-refractivity contribution in [1.29, 1.82) is 0 Å². The maximum Gasteiger partial charge on any atom is 0.490 e. The third-order valence-electron chi connectivity index (χ3n) is 4.46. The van der Waals surface area contributed by atoms with Crippen LogP contribution in [-0.2, 0) is 11.2 Å². The molecule has 29 heavy (non-hydrogen) atoms. The summed E-state index contributed by atoms with van der Waals surface area (Å²) in [4.78, 5) is 15.6. The molecule has 0 spiro atoms. The molecular formula is C18H20F3N5O3. The number of hydrogen-bond donors (Lipinski definition) is 1. The SMILES string of the molecule is CCc1nn(-c2noc(N3CCCCC3)n2)c2ccccc12.O=C(O)C(F)(F)F. The molecule has 1 fully saturated rings. The van der Waals surface area contributed by atoms with Crippen LogP contribution in [0.2, 0.25) is 0 Å². The molecule has 4 rings (SSSR count). The van der Waals surface area contributed by atoms with Gasteiger partial charge in [-0.25, -0.2) is 4.79 Å². The monoisotopic (exact) mass is 411 g/mol. The maximum absolute atomic E-state index is 10.6. The van der Waals surface area contributed by atoms with E-state index in [0.717, 1.165) is 36.1 Å². The standard InChI is InChI=1S/C16H19N5O.C2HF3O2/c1-2-13-12-8-4-5-9-14(12)21(18-13)15-17-16(22-19-15)20-10-6-3-7-11-20;3-2(4,5)1(6)7/h4-5,8-9H,2-3,6-7,10-11H2,1H3;(H,6,7). The Labute approximate surface area is 163 Å². The Hall–Kier alpha value is -3.11. The summed E-state index contributed by atoms with van der Waals surface area (Å²) in [5, 5.41) is 17.1. The van der Waals surface area contributed by atoms with Gasteiger partial charge in [0.15, 0.2) is 0 Å². The van der Waals surface area contributed by atoms with E-state index >= 15 is 0 Å². The molecule has 1 aliphatic heterocycles. The third kappa shape index (κ3) is 4.66. The smallest absolute Gasteiger partial charge is 0.475 e. The lowest BCUT2D eigenvalue weighted by molar-refractivity contribution is -0.192. The summed E-state index contributed by atoms with van der Waals surface area (Å²) in [6, 6.07) is 8.77. The highest BCUT2D eigenvalue weighted by Crippen LogP contribution is 2.23. The van der Waals surface area contributed by atoms with Gasteiger partial charge < -0.3 is 14.5 Å². The number of benzene rings is 1. The highest BCUT2D eigenvalue weighted by atomic mass is 19.4. The molecule has 1 aliphatic rings. The van der Waals surface area contributed by atoms with Gasteiger partial charge in [-0.2, -0.15) is 27.9 Å². The topological polar surface area (TPSA) is 97.3 Å². The Kier molecular flexibility index (Phi) is 6.04. The van der Waals surface area contributed by atoms with Crippen molar-refractivity contribution in [3.05, 3.63) is 30.0 Å². The number of aromatic nitrogens is 4. The van der Waals surface area contributed by atoms with E-state index in [1.165, 1.54) is 19.3 Å². The van der Waals surface area contributed by atoms with Crippen LogP contribution in [0.25, 0.3) is 16.9 Å². The van der Waals surface area contributed by atoms with Gasteiger partial charge in [-0.05, 0) is 36.9 Å². The quantitative estimate of drug-likeness (QED) is 0.703. The number of fused-ring (bicyclic) bond motifs is 1. The molecule has 156 valence electrons. The zero-order chi connectivity index (χ0) is 21.0. The van der Waals surface area contributed by atoms with Crippen molar-refractivity contribution in [2.75, 3.05) is 18.0 Å². The van der Waals surface area contributed by atoms with Crippen LogP contribution in [0.5, 0.6) is 0 Å². The molecule has 1 aromatic carbocycles. The number of rotatable bonds is 3. The largest absolute Gasteiger partial charge is 0.490 e. The van der Waals surface area contributed by atoms with Gasteiger partial charge in [0, 0.05) is 18.5 Å². The number of piperidine rings is 1. The molecule has 0 bridgehead atoms. The number of aliphatic carboxylic acids is 1. The summed E-state index contributed by atoms with van der Waals surface area (Å²) in [6.45, 7) is 4.08. The van der Waals surface area contributed by atoms with Crippen LogP contribution >= 0.6 is 0 Å². The van der Waals surface area contributed by atoms with Crippen LogP contribution in [0.3, 0.4) is 0 Å². The lowest BCUT2D eigenvalue weighted by Crippen LogP contribution is -2.29. The highest BCUT2D eigenvalue weighted by Gasteiger charge is 2.38. The Morgan fingerprint density at radius 3 is 2.48 bits per heavy atom. The molecule has 2 aromatic heterocycles. The van der Waals surface area contributed by atoms with Crippen molar-refractivity contribution in [2.24, 2.45) is 0 Å². The first-order valence-corrected chi connectivity index (χ1v) is 9.17. The van der Waals surface area contributed by atoms with Crippen LogP contribution in [-0.4, -0.2) is 50.3 Å². The molecule has 0 amide bonds. The second-order valence-electron chi connectivity index (χ2n) is 6.46. The van der Waals surface area contributed by atoms with Crippen LogP contribution in [0, 0.1) is 0 Å². The number of halogens is 3. The van der Waals surface area contributed by atoms with E-state index in [-0.39, 0.29) is 0 Å². The fraction of sp³-hybridized carbons (Fsp3) is 0.444. The van der Waals surface area contributed by atoms with E-state index in [2.05, 4.69) is 33.1 Å². The molecular weight excluding hydrogens is 391 g/mol. The highest BCUT2D eigenvalue weighted by molar-refractivity contribution is 5.83. The summed E-state index contributed by atoms with van der Waals surface area (Å²) in [7, 11) is 0. The van der Waals surface area contributed by atoms with E-state index in [9.17, 15) is 13.2 Å². The number of carbonyl (C=O) groups is 1. The normalized spacial score (nSPS) is 14.6. The second-order valence-corrected chi connectivity index (χ2v) is 6.46. The Morgan fingerprint density at radius 2 is 1.86 bits per heavy atom. The minimum Gasteiger partial charge on any atom is -0.475 e. The number of aryl methyl sites for hydroxylation is 1. The van der Waals surface area contributed by atoms with E-state index < -0.39 is 12.1 Å². The lowest BCUT2D eigenvalue weighted by Gasteiger charge is -2.23. The van der Waals surface area contributed by atoms with Gasteiger partial charge in [0.1, 0.15) is 0 Å². The van der Waals surface area contributed by atoms with Gasteiger partial charge >= 0.3 is 18.2 Å². The molecule has 0 unspecified atom stereocenters. The van der Waals surface area contributed by atoms with Crippen molar-refractivity contribution in [1.82, 2.24) is 19.9 Å². The van der Waals surface area contributed by atoms with Crippen LogP contribution in [0.4, 0.5) is 19.2 Å². The zero-order valence-corrected chi connectivity index (χ0v) is 15.7. The van der Waals surface area contributed by atoms with Gasteiger partial charge in [0.05, 0.1) is 11.2 Å². The Morgan fingerprint density at radius 1 is 1.21 bits per heavy atom. The molecule has 1 N–H and O–H groups in total. The average Bonchev–Trinajstić information content (AvgIpc) is 3.33. The summed E-state index contributed by atoms with van der Waals surface area (Å²) < 4.78 is 39.0. The molecule has 8 nitrogen and oxygen atoms in total. The lowest BCUT2D eigenvalue weighted by atomic mass is 10.1. The molecule has 0 aliphatic carbocycles. The zero-order valence-electron chi connectivity index (χ0n) is 15.7. The molecule has 1 saturated heterocycles. The van der Waals surface area contributed by atoms with Gasteiger partial charge in [-0.15, -0.1) is 0 Å². The van der Waals surface area contributed by atoms with Crippen molar-refractivity contribution in [3.63, 3.8) is 0 Å². The van der Waals surface area contributed by atoms with E-state index in [1.54, 1.807) is 4.68 Å². The molecule has 3 aromatic rings. The second kappa shape index (κ2) is 8.50. The van der Waals surface area contributed by atoms with E-state index in [4.69, 9.17) is 14.4 Å². The van der Waals surface area contributed by atoms with Crippen molar-refractivity contribution in [3.8, 4) is 5.95 Å². The fourth-order valence-corrected chi connectivity index (χ4v) is 3.05.